The Hall–Kier alpha value is -2.07. The average molecular weight is 272 g/mol. The third kappa shape index (κ3) is 4.24. The minimum atomic E-state index is 0.546. The average Bonchev–Trinajstić information content (AvgIpc) is 2.48. The van der Waals surface area contributed by atoms with Crippen LogP contribution >= 0.6 is 0 Å². The van der Waals surface area contributed by atoms with Gasteiger partial charge in [0.2, 0.25) is 0 Å². The van der Waals surface area contributed by atoms with Crippen LogP contribution in [0, 0.1) is 6.92 Å². The first-order valence-electron chi connectivity index (χ1n) is 6.65. The van der Waals surface area contributed by atoms with E-state index in [1.54, 1.807) is 19.5 Å². The number of aromatic nitrogens is 1. The SMILES string of the molecule is COCCOc1cc(C)ccc1NCc1ccncc1. The Balaban J connectivity index is 2.02. The molecule has 0 aliphatic carbocycles. The van der Waals surface area contributed by atoms with E-state index in [4.69, 9.17) is 9.47 Å². The molecule has 0 aliphatic rings. The molecule has 1 heterocycles. The molecule has 1 aromatic heterocycles. The molecule has 4 heteroatoms. The predicted molar refractivity (Wildman–Crippen MR) is 80.1 cm³/mol. The summed E-state index contributed by atoms with van der Waals surface area (Å²) in [7, 11) is 1.67. The van der Waals surface area contributed by atoms with Crippen molar-refractivity contribution in [2.45, 2.75) is 13.5 Å². The van der Waals surface area contributed by atoms with Crippen LogP contribution in [0.2, 0.25) is 0 Å². The van der Waals surface area contributed by atoms with Crippen LogP contribution in [0.1, 0.15) is 11.1 Å². The van der Waals surface area contributed by atoms with Crippen molar-refractivity contribution in [1.29, 1.82) is 0 Å². The Bertz CT molecular complexity index is 529. The van der Waals surface area contributed by atoms with Crippen LogP contribution in [0.25, 0.3) is 0 Å². The maximum Gasteiger partial charge on any atom is 0.142 e. The summed E-state index contributed by atoms with van der Waals surface area (Å²) in [6, 6.07) is 10.1. The number of nitrogens with one attached hydrogen (secondary N) is 1. The third-order valence-electron chi connectivity index (χ3n) is 2.91. The molecule has 0 unspecified atom stereocenters. The summed E-state index contributed by atoms with van der Waals surface area (Å²) >= 11 is 0. The number of benzene rings is 1. The van der Waals surface area contributed by atoms with E-state index in [0.717, 1.165) is 18.0 Å². The van der Waals surface area contributed by atoms with E-state index < -0.39 is 0 Å². The Labute approximate surface area is 119 Å². The maximum absolute atomic E-state index is 5.75. The lowest BCUT2D eigenvalue weighted by molar-refractivity contribution is 0.146. The molecule has 0 fully saturated rings. The molecule has 0 saturated heterocycles. The fourth-order valence-electron chi connectivity index (χ4n) is 1.83. The molecule has 1 N–H and O–H groups in total. The molecule has 106 valence electrons. The molecular formula is C16H20N2O2. The standard InChI is InChI=1S/C16H20N2O2/c1-13-3-4-15(16(11-13)20-10-9-19-2)18-12-14-5-7-17-8-6-14/h3-8,11,18H,9-10,12H2,1-2H3. The molecule has 0 atom stereocenters. The van der Waals surface area contributed by atoms with Crippen LogP contribution < -0.4 is 10.1 Å². The highest BCUT2D eigenvalue weighted by Crippen LogP contribution is 2.26. The van der Waals surface area contributed by atoms with E-state index in [-0.39, 0.29) is 0 Å². The minimum absolute atomic E-state index is 0.546. The number of pyridine rings is 1. The molecule has 0 radical (unpaired) electrons. The number of anilines is 1. The van der Waals surface area contributed by atoms with Gasteiger partial charge < -0.3 is 14.8 Å². The molecule has 1 aromatic carbocycles. The Morgan fingerprint density at radius 1 is 1.10 bits per heavy atom. The summed E-state index contributed by atoms with van der Waals surface area (Å²) in [6.07, 6.45) is 3.59. The molecular weight excluding hydrogens is 252 g/mol. The smallest absolute Gasteiger partial charge is 0.142 e. The van der Waals surface area contributed by atoms with Gasteiger partial charge in [0, 0.05) is 26.0 Å². The molecule has 4 nitrogen and oxygen atoms in total. The predicted octanol–water partition coefficient (Wildman–Crippen LogP) is 3.03. The van der Waals surface area contributed by atoms with Crippen molar-refractivity contribution in [2.24, 2.45) is 0 Å². The molecule has 0 amide bonds. The molecule has 0 bridgehead atoms. The van der Waals surface area contributed by atoms with Crippen molar-refractivity contribution in [1.82, 2.24) is 4.98 Å². The molecule has 0 aliphatic heterocycles. The minimum Gasteiger partial charge on any atom is -0.489 e. The van der Waals surface area contributed by atoms with Gasteiger partial charge in [-0.05, 0) is 42.3 Å². The van der Waals surface area contributed by atoms with Gasteiger partial charge >= 0.3 is 0 Å². The van der Waals surface area contributed by atoms with Crippen LogP contribution in [0.4, 0.5) is 5.69 Å². The first-order chi connectivity index (χ1) is 9.79. The van der Waals surface area contributed by atoms with Crippen LogP contribution in [0.3, 0.4) is 0 Å². The van der Waals surface area contributed by atoms with Gasteiger partial charge in [0.15, 0.2) is 0 Å². The summed E-state index contributed by atoms with van der Waals surface area (Å²) in [5, 5.41) is 3.39. The lowest BCUT2D eigenvalue weighted by atomic mass is 10.2. The van der Waals surface area contributed by atoms with Gasteiger partial charge in [-0.25, -0.2) is 0 Å². The summed E-state index contributed by atoms with van der Waals surface area (Å²) in [5.41, 5.74) is 3.35. The Morgan fingerprint density at radius 3 is 2.65 bits per heavy atom. The number of methoxy groups -OCH3 is 1. The first-order valence-corrected chi connectivity index (χ1v) is 6.65. The summed E-state index contributed by atoms with van der Waals surface area (Å²) < 4.78 is 10.8. The second kappa shape index (κ2) is 7.50. The van der Waals surface area contributed by atoms with Crippen molar-refractivity contribution in [3.05, 3.63) is 53.9 Å². The summed E-state index contributed by atoms with van der Waals surface area (Å²) in [5.74, 6) is 0.858. The topological polar surface area (TPSA) is 43.4 Å². The van der Waals surface area contributed by atoms with Gasteiger partial charge in [-0.3, -0.25) is 4.98 Å². The van der Waals surface area contributed by atoms with Crippen molar-refractivity contribution in [3.63, 3.8) is 0 Å². The van der Waals surface area contributed by atoms with Crippen molar-refractivity contribution >= 4 is 5.69 Å². The van der Waals surface area contributed by atoms with Gasteiger partial charge in [0.25, 0.3) is 0 Å². The van der Waals surface area contributed by atoms with E-state index in [1.165, 1.54) is 11.1 Å². The zero-order valence-electron chi connectivity index (χ0n) is 11.9. The van der Waals surface area contributed by atoms with Crippen molar-refractivity contribution in [3.8, 4) is 5.75 Å². The van der Waals surface area contributed by atoms with Crippen LogP contribution in [0.5, 0.6) is 5.75 Å². The van der Waals surface area contributed by atoms with Crippen molar-refractivity contribution < 1.29 is 9.47 Å². The number of rotatable bonds is 7. The van der Waals surface area contributed by atoms with Gasteiger partial charge in [0.1, 0.15) is 12.4 Å². The van der Waals surface area contributed by atoms with Crippen LogP contribution in [0.15, 0.2) is 42.7 Å². The van der Waals surface area contributed by atoms with Crippen LogP contribution in [-0.2, 0) is 11.3 Å². The van der Waals surface area contributed by atoms with E-state index in [0.29, 0.717) is 13.2 Å². The number of aryl methyl sites for hydroxylation is 1. The number of hydrogen-bond acceptors (Lipinski definition) is 4. The first kappa shape index (κ1) is 14.3. The fourth-order valence-corrected chi connectivity index (χ4v) is 1.83. The van der Waals surface area contributed by atoms with Crippen LogP contribution in [-0.4, -0.2) is 25.3 Å². The summed E-state index contributed by atoms with van der Waals surface area (Å²) in [4.78, 5) is 4.01. The summed E-state index contributed by atoms with van der Waals surface area (Å²) in [6.45, 7) is 3.92. The maximum atomic E-state index is 5.75. The largest absolute Gasteiger partial charge is 0.489 e. The third-order valence-corrected chi connectivity index (χ3v) is 2.91. The zero-order valence-corrected chi connectivity index (χ0v) is 11.9. The highest BCUT2D eigenvalue weighted by atomic mass is 16.5. The van der Waals surface area contributed by atoms with E-state index in [9.17, 15) is 0 Å². The van der Waals surface area contributed by atoms with E-state index in [2.05, 4.69) is 23.3 Å². The van der Waals surface area contributed by atoms with Gasteiger partial charge in [-0.2, -0.15) is 0 Å². The molecule has 20 heavy (non-hydrogen) atoms. The molecule has 0 saturated carbocycles. The van der Waals surface area contributed by atoms with Crippen molar-refractivity contribution in [2.75, 3.05) is 25.6 Å². The molecule has 0 spiro atoms. The highest BCUT2D eigenvalue weighted by Gasteiger charge is 2.04. The quantitative estimate of drug-likeness (QED) is 0.787. The van der Waals surface area contributed by atoms with E-state index >= 15 is 0 Å². The second-order valence-electron chi connectivity index (χ2n) is 4.55. The normalized spacial score (nSPS) is 10.3. The van der Waals surface area contributed by atoms with Gasteiger partial charge in [-0.1, -0.05) is 6.07 Å². The number of ether oxygens (including phenoxy) is 2. The second-order valence-corrected chi connectivity index (χ2v) is 4.55. The highest BCUT2D eigenvalue weighted by molar-refractivity contribution is 5.57. The number of hydrogen-bond donors (Lipinski definition) is 1. The van der Waals surface area contributed by atoms with Gasteiger partial charge in [0.05, 0.1) is 12.3 Å². The number of nitrogens with zero attached hydrogens (tertiary/aromatic N) is 1. The monoisotopic (exact) mass is 272 g/mol. The lowest BCUT2D eigenvalue weighted by Gasteiger charge is -2.14. The molecule has 2 rings (SSSR count). The Morgan fingerprint density at radius 2 is 1.90 bits per heavy atom. The zero-order chi connectivity index (χ0) is 14.2. The Kier molecular flexibility index (Phi) is 5.38. The fraction of sp³-hybridized carbons (Fsp3) is 0.312. The lowest BCUT2D eigenvalue weighted by Crippen LogP contribution is -2.07. The van der Waals surface area contributed by atoms with Gasteiger partial charge in [-0.15, -0.1) is 0 Å². The molecule has 2 aromatic rings. The van der Waals surface area contributed by atoms with E-state index in [1.807, 2.05) is 24.3 Å².